The molecule has 0 saturated carbocycles. The number of carbonyl (C=O) groups excluding carboxylic acids is 1. The van der Waals surface area contributed by atoms with Crippen molar-refractivity contribution in [3.05, 3.63) is 48.7 Å². The van der Waals surface area contributed by atoms with Gasteiger partial charge in [-0.3, -0.25) is 10.2 Å². The topological polar surface area (TPSA) is 102 Å². The molecular formula is C21H19F3N6O3. The molecule has 0 atom stereocenters. The van der Waals surface area contributed by atoms with Gasteiger partial charge < -0.3 is 14.8 Å². The number of ether oxygens (including phenoxy) is 2. The predicted octanol–water partition coefficient (Wildman–Crippen LogP) is 4.30. The third-order valence-electron chi connectivity index (χ3n) is 4.66. The zero-order chi connectivity index (χ0) is 23.4. The highest BCUT2D eigenvalue weighted by molar-refractivity contribution is 6.02. The monoisotopic (exact) mass is 460 g/mol. The van der Waals surface area contributed by atoms with Gasteiger partial charge in [0.2, 0.25) is 0 Å². The van der Waals surface area contributed by atoms with E-state index in [-0.39, 0.29) is 17.6 Å². The van der Waals surface area contributed by atoms with Crippen LogP contribution in [0.25, 0.3) is 11.3 Å². The van der Waals surface area contributed by atoms with Gasteiger partial charge in [0.05, 0.1) is 18.5 Å². The number of benzene rings is 1. The van der Waals surface area contributed by atoms with Crippen molar-refractivity contribution in [2.45, 2.75) is 12.8 Å². The van der Waals surface area contributed by atoms with E-state index in [1.807, 2.05) is 0 Å². The van der Waals surface area contributed by atoms with Gasteiger partial charge in [0.1, 0.15) is 11.6 Å². The first-order valence-corrected chi connectivity index (χ1v) is 9.89. The molecule has 3 heterocycles. The van der Waals surface area contributed by atoms with E-state index < -0.39 is 12.4 Å². The number of pyridine rings is 1. The molecule has 0 unspecified atom stereocenters. The number of halogens is 3. The summed E-state index contributed by atoms with van der Waals surface area (Å²) >= 11 is 0. The number of fused-ring (bicyclic) bond motifs is 1. The molecule has 1 aromatic carbocycles. The summed E-state index contributed by atoms with van der Waals surface area (Å²) < 4.78 is 46.8. The van der Waals surface area contributed by atoms with Crippen molar-refractivity contribution >= 4 is 23.4 Å². The van der Waals surface area contributed by atoms with E-state index in [9.17, 15) is 18.0 Å². The van der Waals surface area contributed by atoms with Gasteiger partial charge in [0.15, 0.2) is 5.82 Å². The molecule has 0 aliphatic carbocycles. The third kappa shape index (κ3) is 5.40. The Kier molecular flexibility index (Phi) is 6.16. The van der Waals surface area contributed by atoms with Gasteiger partial charge in [0, 0.05) is 24.8 Å². The average Bonchev–Trinajstić information content (AvgIpc) is 3.00. The van der Waals surface area contributed by atoms with Crippen LogP contribution in [0.3, 0.4) is 0 Å². The minimum absolute atomic E-state index is 0.104. The number of methoxy groups -OCH3 is 1. The first-order valence-electron chi connectivity index (χ1n) is 9.89. The first kappa shape index (κ1) is 22.1. The molecule has 0 saturated heterocycles. The predicted molar refractivity (Wildman–Crippen MR) is 114 cm³/mol. The maximum atomic E-state index is 13.0. The molecule has 33 heavy (non-hydrogen) atoms. The lowest BCUT2D eigenvalue weighted by Crippen LogP contribution is -2.36. The molecule has 2 aromatic heterocycles. The van der Waals surface area contributed by atoms with Gasteiger partial charge in [-0.2, -0.15) is 4.98 Å². The summed E-state index contributed by atoms with van der Waals surface area (Å²) in [6.07, 6.45) is -2.70. The maximum Gasteiger partial charge on any atom is 0.573 e. The zero-order valence-corrected chi connectivity index (χ0v) is 17.4. The molecule has 3 aromatic rings. The molecule has 1 aliphatic rings. The number of nitrogens with one attached hydrogen (secondary N) is 2. The van der Waals surface area contributed by atoms with Crippen molar-refractivity contribution in [3.8, 4) is 23.0 Å². The summed E-state index contributed by atoms with van der Waals surface area (Å²) in [6, 6.07) is 10.0. The Bertz CT molecular complexity index is 1160. The van der Waals surface area contributed by atoms with Crippen molar-refractivity contribution in [1.82, 2.24) is 15.0 Å². The highest BCUT2D eigenvalue weighted by Crippen LogP contribution is 2.32. The second kappa shape index (κ2) is 9.18. The summed E-state index contributed by atoms with van der Waals surface area (Å²) in [5.41, 5.74) is 1.41. The molecule has 0 fully saturated rings. The smallest absolute Gasteiger partial charge is 0.467 e. The quantitative estimate of drug-likeness (QED) is 0.599. The number of alkyl halides is 3. The Labute approximate surface area is 186 Å². The minimum atomic E-state index is -4.80. The summed E-state index contributed by atoms with van der Waals surface area (Å²) in [7, 11) is 1.41. The van der Waals surface area contributed by atoms with Crippen LogP contribution in [0, 0.1) is 0 Å². The minimum Gasteiger partial charge on any atom is -0.467 e. The molecule has 0 radical (unpaired) electrons. The van der Waals surface area contributed by atoms with Crippen molar-refractivity contribution in [3.63, 3.8) is 0 Å². The SMILES string of the molecule is COc1nccc(NC(=O)N2CCCNc3ccc(-c4cccc(OC(F)(F)F)c4)nc32)n1. The number of anilines is 3. The average molecular weight is 460 g/mol. The fraction of sp³-hybridized carbons (Fsp3) is 0.238. The Morgan fingerprint density at radius 1 is 1.18 bits per heavy atom. The van der Waals surface area contributed by atoms with Crippen LogP contribution in [0.2, 0.25) is 0 Å². The standard InChI is InChI=1S/C21H19F3N6O3/c1-32-19-26-10-8-17(28-19)29-20(31)30-11-3-9-25-16-7-6-15(27-18(16)30)13-4-2-5-14(12-13)33-21(22,23)24/h2,4-8,10,12,25H,3,9,11H2,1H3,(H,26,28,29,31). The van der Waals surface area contributed by atoms with Crippen LogP contribution in [-0.4, -0.2) is 47.5 Å². The van der Waals surface area contributed by atoms with Gasteiger partial charge in [-0.25, -0.2) is 14.8 Å². The first-order chi connectivity index (χ1) is 15.8. The lowest BCUT2D eigenvalue weighted by Gasteiger charge is -2.22. The number of hydrogen-bond donors (Lipinski definition) is 2. The maximum absolute atomic E-state index is 13.0. The molecule has 4 rings (SSSR count). The number of hydrogen-bond acceptors (Lipinski definition) is 7. The summed E-state index contributed by atoms with van der Waals surface area (Å²) in [6.45, 7) is 0.982. The molecule has 0 spiro atoms. The molecule has 12 heteroatoms. The Hall–Kier alpha value is -4.09. The van der Waals surface area contributed by atoms with Crippen LogP contribution in [0.1, 0.15) is 6.42 Å². The van der Waals surface area contributed by atoms with Gasteiger partial charge in [-0.15, -0.1) is 13.2 Å². The normalized spacial score (nSPS) is 13.4. The van der Waals surface area contributed by atoms with Gasteiger partial charge in [-0.05, 0) is 36.8 Å². The molecule has 0 bridgehead atoms. The number of urea groups is 1. The number of carbonyl (C=O) groups is 1. The van der Waals surface area contributed by atoms with E-state index in [1.165, 1.54) is 42.5 Å². The fourth-order valence-corrected chi connectivity index (χ4v) is 3.26. The molecule has 9 nitrogen and oxygen atoms in total. The van der Waals surface area contributed by atoms with Gasteiger partial charge in [-0.1, -0.05) is 12.1 Å². The summed E-state index contributed by atoms with van der Waals surface area (Å²) in [5, 5.41) is 5.90. The lowest BCUT2D eigenvalue weighted by atomic mass is 10.1. The second-order valence-electron chi connectivity index (χ2n) is 6.93. The van der Waals surface area contributed by atoms with Crippen molar-refractivity contribution < 1.29 is 27.4 Å². The highest BCUT2D eigenvalue weighted by atomic mass is 19.4. The van der Waals surface area contributed by atoms with E-state index in [1.54, 1.807) is 18.2 Å². The van der Waals surface area contributed by atoms with Gasteiger partial charge >= 0.3 is 18.4 Å². The van der Waals surface area contributed by atoms with Crippen LogP contribution in [0.5, 0.6) is 11.8 Å². The Morgan fingerprint density at radius 2 is 2.03 bits per heavy atom. The van der Waals surface area contributed by atoms with Crippen LogP contribution in [0.15, 0.2) is 48.7 Å². The van der Waals surface area contributed by atoms with Crippen LogP contribution >= 0.6 is 0 Å². The van der Waals surface area contributed by atoms with E-state index in [0.717, 1.165) is 0 Å². The van der Waals surface area contributed by atoms with Crippen LogP contribution < -0.4 is 25.0 Å². The Morgan fingerprint density at radius 3 is 2.82 bits per heavy atom. The molecule has 172 valence electrons. The number of amides is 2. The van der Waals surface area contributed by atoms with E-state index in [4.69, 9.17) is 4.74 Å². The molecule has 2 amide bonds. The van der Waals surface area contributed by atoms with E-state index in [0.29, 0.717) is 42.3 Å². The highest BCUT2D eigenvalue weighted by Gasteiger charge is 2.31. The largest absolute Gasteiger partial charge is 0.573 e. The number of aromatic nitrogens is 3. The van der Waals surface area contributed by atoms with Crippen LogP contribution in [-0.2, 0) is 0 Å². The zero-order valence-electron chi connectivity index (χ0n) is 17.4. The van der Waals surface area contributed by atoms with E-state index in [2.05, 4.69) is 30.3 Å². The van der Waals surface area contributed by atoms with Crippen molar-refractivity contribution in [2.75, 3.05) is 35.7 Å². The molecular weight excluding hydrogens is 441 g/mol. The number of nitrogens with zero attached hydrogens (tertiary/aromatic N) is 4. The molecule has 2 N–H and O–H groups in total. The molecule has 1 aliphatic heterocycles. The van der Waals surface area contributed by atoms with Crippen LogP contribution in [0.4, 0.5) is 35.3 Å². The fourth-order valence-electron chi connectivity index (χ4n) is 3.26. The summed E-state index contributed by atoms with van der Waals surface area (Å²) in [5.74, 6) is 0.228. The third-order valence-corrected chi connectivity index (χ3v) is 4.66. The number of rotatable bonds is 4. The van der Waals surface area contributed by atoms with Crippen molar-refractivity contribution in [1.29, 1.82) is 0 Å². The van der Waals surface area contributed by atoms with Crippen molar-refractivity contribution in [2.24, 2.45) is 0 Å². The lowest BCUT2D eigenvalue weighted by molar-refractivity contribution is -0.274. The second-order valence-corrected chi connectivity index (χ2v) is 6.93. The summed E-state index contributed by atoms with van der Waals surface area (Å²) in [4.78, 5) is 27.0. The van der Waals surface area contributed by atoms with E-state index >= 15 is 0 Å². The van der Waals surface area contributed by atoms with Gasteiger partial charge in [0.25, 0.3) is 0 Å². The Balaban J connectivity index is 1.64.